The van der Waals surface area contributed by atoms with Gasteiger partial charge in [0.25, 0.3) is 5.91 Å². The lowest BCUT2D eigenvalue weighted by atomic mass is 10.1. The molecule has 0 radical (unpaired) electrons. The molecule has 1 aromatic heterocycles. The molecule has 4 aromatic rings. The lowest BCUT2D eigenvalue weighted by Gasteiger charge is -2.15. The van der Waals surface area contributed by atoms with Crippen molar-refractivity contribution >= 4 is 23.2 Å². The van der Waals surface area contributed by atoms with Crippen molar-refractivity contribution < 1.29 is 9.53 Å². The fourth-order valence-electron chi connectivity index (χ4n) is 4.88. The zero-order valence-corrected chi connectivity index (χ0v) is 20.9. The van der Waals surface area contributed by atoms with Crippen LogP contribution in [0.2, 0.25) is 5.02 Å². The average molecular weight is 485 g/mol. The van der Waals surface area contributed by atoms with Crippen LogP contribution in [0, 0.1) is 6.92 Å². The van der Waals surface area contributed by atoms with Crippen LogP contribution >= 0.6 is 11.6 Å². The molecule has 0 unspecified atom stereocenters. The maximum atomic E-state index is 13.0. The Labute approximate surface area is 211 Å². The van der Waals surface area contributed by atoms with Gasteiger partial charge >= 0.3 is 0 Å². The smallest absolute Gasteiger partial charge is 0.255 e. The highest BCUT2D eigenvalue weighted by Gasteiger charge is 2.20. The highest BCUT2D eigenvalue weighted by molar-refractivity contribution is 6.31. The van der Waals surface area contributed by atoms with Crippen LogP contribution in [-0.4, -0.2) is 17.6 Å². The standard InChI is InChI=1S/C30H29ClN2O2/c1-20-17-26(29(35-2)19-25(20)31)32-30(34)22-13-15-24(16-14-22)33-27-12-8-4-7-11-23(27)18-28(33)21-9-5-3-6-10-21/h3,5-6,9-10,13-19H,4,7-8,11-12H2,1-2H3,(H,32,34). The zero-order valence-electron chi connectivity index (χ0n) is 20.1. The third kappa shape index (κ3) is 4.71. The van der Waals surface area contributed by atoms with Crippen LogP contribution in [0.3, 0.4) is 0 Å². The van der Waals surface area contributed by atoms with Gasteiger partial charge < -0.3 is 14.6 Å². The number of carbonyl (C=O) groups excluding carboxylic acids is 1. The summed E-state index contributed by atoms with van der Waals surface area (Å²) in [6.45, 7) is 1.90. The lowest BCUT2D eigenvalue weighted by molar-refractivity contribution is 0.102. The molecular weight excluding hydrogens is 456 g/mol. The van der Waals surface area contributed by atoms with Gasteiger partial charge in [-0.05, 0) is 85.7 Å². The van der Waals surface area contributed by atoms with Crippen LogP contribution in [0.25, 0.3) is 16.9 Å². The second kappa shape index (κ2) is 10.0. The van der Waals surface area contributed by atoms with E-state index in [1.165, 1.54) is 41.8 Å². The summed E-state index contributed by atoms with van der Waals surface area (Å²) in [4.78, 5) is 13.0. The van der Waals surface area contributed by atoms with Gasteiger partial charge in [0.1, 0.15) is 5.75 Å². The molecule has 0 fully saturated rings. The highest BCUT2D eigenvalue weighted by atomic mass is 35.5. The third-order valence-electron chi connectivity index (χ3n) is 6.74. The van der Waals surface area contributed by atoms with E-state index in [9.17, 15) is 4.79 Å². The molecule has 5 rings (SSSR count). The number of rotatable bonds is 5. The maximum absolute atomic E-state index is 13.0. The summed E-state index contributed by atoms with van der Waals surface area (Å²) in [5, 5.41) is 3.57. The Morgan fingerprint density at radius 3 is 2.43 bits per heavy atom. The molecule has 1 aliphatic carbocycles. The summed E-state index contributed by atoms with van der Waals surface area (Å²) in [6, 6.07) is 24.3. The van der Waals surface area contributed by atoms with E-state index in [4.69, 9.17) is 16.3 Å². The molecule has 0 atom stereocenters. The van der Waals surface area contributed by atoms with Gasteiger partial charge in [-0.2, -0.15) is 0 Å². The second-order valence-electron chi connectivity index (χ2n) is 9.07. The SMILES string of the molecule is COc1cc(Cl)c(C)cc1NC(=O)c1ccc(-n2c(-c3ccccc3)cc3c2CCCCC3)cc1. The molecule has 178 valence electrons. The Kier molecular flexibility index (Phi) is 6.65. The molecule has 0 saturated carbocycles. The Hall–Kier alpha value is -3.50. The van der Waals surface area contributed by atoms with Crippen molar-refractivity contribution in [3.05, 3.63) is 100 Å². The quantitative estimate of drug-likeness (QED) is 0.296. The summed E-state index contributed by atoms with van der Waals surface area (Å²) in [7, 11) is 1.57. The topological polar surface area (TPSA) is 43.3 Å². The predicted molar refractivity (Wildman–Crippen MR) is 143 cm³/mol. The van der Waals surface area contributed by atoms with Gasteiger partial charge in [-0.1, -0.05) is 48.4 Å². The van der Waals surface area contributed by atoms with Crippen LogP contribution in [0.5, 0.6) is 5.75 Å². The van der Waals surface area contributed by atoms with E-state index in [0.29, 0.717) is 22.0 Å². The molecule has 35 heavy (non-hydrogen) atoms. The van der Waals surface area contributed by atoms with Crippen LogP contribution in [-0.2, 0) is 12.8 Å². The number of carbonyl (C=O) groups is 1. The molecule has 4 nitrogen and oxygen atoms in total. The van der Waals surface area contributed by atoms with E-state index >= 15 is 0 Å². The van der Waals surface area contributed by atoms with Crippen molar-refractivity contribution in [1.82, 2.24) is 4.57 Å². The number of benzene rings is 3. The minimum atomic E-state index is -0.189. The number of hydrogen-bond acceptors (Lipinski definition) is 2. The van der Waals surface area contributed by atoms with Crippen LogP contribution < -0.4 is 10.1 Å². The monoisotopic (exact) mass is 484 g/mol. The maximum Gasteiger partial charge on any atom is 0.255 e. The van der Waals surface area contributed by atoms with Crippen LogP contribution in [0.1, 0.15) is 46.4 Å². The molecular formula is C30H29ClN2O2. The van der Waals surface area contributed by atoms with Crippen LogP contribution in [0.15, 0.2) is 72.8 Å². The van der Waals surface area contributed by atoms with E-state index in [1.54, 1.807) is 13.2 Å². The van der Waals surface area contributed by atoms with E-state index in [0.717, 1.165) is 24.1 Å². The highest BCUT2D eigenvalue weighted by Crippen LogP contribution is 2.34. The number of methoxy groups -OCH3 is 1. The molecule has 1 aliphatic rings. The summed E-state index contributed by atoms with van der Waals surface area (Å²) in [6.07, 6.45) is 5.89. The number of fused-ring (bicyclic) bond motifs is 1. The number of halogens is 1. The van der Waals surface area contributed by atoms with E-state index in [1.807, 2.05) is 43.3 Å². The number of hydrogen-bond donors (Lipinski definition) is 1. The minimum Gasteiger partial charge on any atom is -0.495 e. The van der Waals surface area contributed by atoms with Gasteiger partial charge in [0.2, 0.25) is 0 Å². The van der Waals surface area contributed by atoms with Crippen molar-refractivity contribution in [2.24, 2.45) is 0 Å². The predicted octanol–water partition coefficient (Wildman–Crippen LogP) is 7.64. The average Bonchev–Trinajstić information content (AvgIpc) is 3.09. The summed E-state index contributed by atoms with van der Waals surface area (Å²) >= 11 is 6.21. The lowest BCUT2D eigenvalue weighted by Crippen LogP contribution is -2.13. The van der Waals surface area contributed by atoms with Gasteiger partial charge in [-0.3, -0.25) is 4.79 Å². The normalized spacial score (nSPS) is 13.1. The van der Waals surface area contributed by atoms with Crippen molar-refractivity contribution in [2.75, 3.05) is 12.4 Å². The number of aryl methyl sites for hydroxylation is 2. The number of ether oxygens (including phenoxy) is 1. The molecule has 0 saturated heterocycles. The first-order valence-electron chi connectivity index (χ1n) is 12.1. The molecule has 3 aromatic carbocycles. The van der Waals surface area contributed by atoms with Crippen molar-refractivity contribution in [3.8, 4) is 22.7 Å². The molecule has 5 heteroatoms. The minimum absolute atomic E-state index is 0.189. The van der Waals surface area contributed by atoms with Gasteiger partial charge in [0.05, 0.1) is 18.5 Å². The first-order valence-corrected chi connectivity index (χ1v) is 12.5. The van der Waals surface area contributed by atoms with E-state index in [-0.39, 0.29) is 5.91 Å². The molecule has 0 spiro atoms. The van der Waals surface area contributed by atoms with Crippen LogP contribution in [0.4, 0.5) is 5.69 Å². The number of anilines is 1. The van der Waals surface area contributed by atoms with Crippen molar-refractivity contribution in [3.63, 3.8) is 0 Å². The number of amides is 1. The zero-order chi connectivity index (χ0) is 24.4. The number of nitrogens with zero attached hydrogens (tertiary/aromatic N) is 1. The Balaban J connectivity index is 1.48. The van der Waals surface area contributed by atoms with Gasteiger partial charge in [0.15, 0.2) is 0 Å². The first kappa shape index (κ1) is 23.3. The molecule has 0 bridgehead atoms. The largest absolute Gasteiger partial charge is 0.495 e. The first-order chi connectivity index (χ1) is 17.0. The molecule has 1 amide bonds. The summed E-state index contributed by atoms with van der Waals surface area (Å²) in [5.74, 6) is 0.347. The number of aromatic nitrogens is 1. The fraction of sp³-hybridized carbons (Fsp3) is 0.233. The molecule has 1 N–H and O–H groups in total. The van der Waals surface area contributed by atoms with Gasteiger partial charge in [-0.25, -0.2) is 0 Å². The Bertz CT molecular complexity index is 1360. The second-order valence-corrected chi connectivity index (χ2v) is 9.47. The summed E-state index contributed by atoms with van der Waals surface area (Å²) < 4.78 is 7.78. The molecule has 0 aliphatic heterocycles. The van der Waals surface area contributed by atoms with Gasteiger partial charge in [0, 0.05) is 28.0 Å². The van der Waals surface area contributed by atoms with E-state index < -0.39 is 0 Å². The Morgan fingerprint density at radius 1 is 0.943 bits per heavy atom. The van der Waals surface area contributed by atoms with E-state index in [2.05, 4.69) is 40.2 Å². The third-order valence-corrected chi connectivity index (χ3v) is 7.15. The summed E-state index contributed by atoms with van der Waals surface area (Å²) in [5.41, 5.74) is 8.37. The molecule has 1 heterocycles. The Morgan fingerprint density at radius 2 is 1.69 bits per heavy atom. The number of nitrogens with one attached hydrogen (secondary N) is 1. The van der Waals surface area contributed by atoms with Crippen molar-refractivity contribution in [2.45, 2.75) is 39.0 Å². The van der Waals surface area contributed by atoms with Crippen molar-refractivity contribution in [1.29, 1.82) is 0 Å². The fourth-order valence-corrected chi connectivity index (χ4v) is 5.03. The van der Waals surface area contributed by atoms with Gasteiger partial charge in [-0.15, -0.1) is 0 Å².